The summed E-state index contributed by atoms with van der Waals surface area (Å²) in [6.45, 7) is 9.62. The predicted octanol–water partition coefficient (Wildman–Crippen LogP) is 2.83. The molecular formula is C18H25N5O2S. The Hall–Kier alpha value is -2.35. The Morgan fingerprint density at radius 2 is 2.08 bits per heavy atom. The standard InChI is InChI=1S/C18H25N5O2S/c1-6-12(2)23(17(25)14-11-26-22-21-14)15(13-8-7-9-19-10-13)16(24)20-18(3,4)5/h7-12,15H,6H2,1-5H3,(H,20,24)/t12-,15+/m0/s1. The van der Waals surface area contributed by atoms with Crippen LogP contribution in [-0.4, -0.2) is 42.9 Å². The van der Waals surface area contributed by atoms with Gasteiger partial charge in [0.15, 0.2) is 5.69 Å². The van der Waals surface area contributed by atoms with E-state index in [1.54, 1.807) is 28.7 Å². The van der Waals surface area contributed by atoms with E-state index in [1.807, 2.05) is 40.7 Å². The summed E-state index contributed by atoms with van der Waals surface area (Å²) >= 11 is 1.11. The van der Waals surface area contributed by atoms with Crippen LogP contribution in [0.5, 0.6) is 0 Å². The summed E-state index contributed by atoms with van der Waals surface area (Å²) in [6, 6.07) is 2.60. The third-order valence-corrected chi connectivity index (χ3v) is 4.41. The summed E-state index contributed by atoms with van der Waals surface area (Å²) < 4.78 is 3.78. The van der Waals surface area contributed by atoms with Gasteiger partial charge in [-0.1, -0.05) is 17.5 Å². The maximum Gasteiger partial charge on any atom is 0.276 e. The lowest BCUT2D eigenvalue weighted by Crippen LogP contribution is -2.51. The normalized spacial score (nSPS) is 13.7. The summed E-state index contributed by atoms with van der Waals surface area (Å²) in [7, 11) is 0. The van der Waals surface area contributed by atoms with Gasteiger partial charge in [-0.25, -0.2) is 0 Å². The second kappa shape index (κ2) is 8.35. The molecule has 0 aromatic carbocycles. The number of amides is 2. The van der Waals surface area contributed by atoms with Crippen LogP contribution >= 0.6 is 11.5 Å². The van der Waals surface area contributed by atoms with Gasteiger partial charge in [-0.05, 0) is 51.7 Å². The molecule has 8 heteroatoms. The Labute approximate surface area is 158 Å². The molecular weight excluding hydrogens is 350 g/mol. The van der Waals surface area contributed by atoms with Gasteiger partial charge in [-0.3, -0.25) is 14.6 Å². The molecule has 0 aliphatic heterocycles. The molecule has 0 radical (unpaired) electrons. The van der Waals surface area contributed by atoms with Crippen molar-refractivity contribution >= 4 is 23.3 Å². The number of carbonyl (C=O) groups excluding carboxylic acids is 2. The summed E-state index contributed by atoms with van der Waals surface area (Å²) in [5, 5.41) is 8.47. The van der Waals surface area contributed by atoms with E-state index in [9.17, 15) is 9.59 Å². The van der Waals surface area contributed by atoms with Crippen LogP contribution in [0.25, 0.3) is 0 Å². The first-order valence-corrected chi connectivity index (χ1v) is 9.40. The number of aromatic nitrogens is 3. The van der Waals surface area contributed by atoms with Crippen LogP contribution in [-0.2, 0) is 4.79 Å². The van der Waals surface area contributed by atoms with Gasteiger partial charge < -0.3 is 10.2 Å². The van der Waals surface area contributed by atoms with Gasteiger partial charge in [0.25, 0.3) is 5.91 Å². The topological polar surface area (TPSA) is 88.1 Å². The van der Waals surface area contributed by atoms with Crippen LogP contribution in [0.3, 0.4) is 0 Å². The Morgan fingerprint density at radius 1 is 1.35 bits per heavy atom. The largest absolute Gasteiger partial charge is 0.349 e. The Balaban J connectivity index is 2.51. The van der Waals surface area contributed by atoms with E-state index in [4.69, 9.17) is 0 Å². The maximum absolute atomic E-state index is 13.1. The lowest BCUT2D eigenvalue weighted by atomic mass is 10.0. The quantitative estimate of drug-likeness (QED) is 0.839. The molecule has 2 amide bonds. The second-order valence-electron chi connectivity index (χ2n) is 7.19. The van der Waals surface area contributed by atoms with Crippen LogP contribution < -0.4 is 5.32 Å². The number of hydrogen-bond donors (Lipinski definition) is 1. The van der Waals surface area contributed by atoms with Gasteiger partial charge in [-0.2, -0.15) is 0 Å². The Bertz CT molecular complexity index is 728. The number of pyridine rings is 1. The summed E-state index contributed by atoms with van der Waals surface area (Å²) in [5.41, 5.74) is 0.475. The Morgan fingerprint density at radius 3 is 2.58 bits per heavy atom. The average Bonchev–Trinajstić information content (AvgIpc) is 3.12. The smallest absolute Gasteiger partial charge is 0.276 e. The molecule has 0 aliphatic rings. The summed E-state index contributed by atoms with van der Waals surface area (Å²) in [6.07, 6.45) is 3.96. The lowest BCUT2D eigenvalue weighted by molar-refractivity contribution is -0.128. The number of carbonyl (C=O) groups is 2. The fourth-order valence-electron chi connectivity index (χ4n) is 2.57. The van der Waals surface area contributed by atoms with Gasteiger partial charge in [0, 0.05) is 34.9 Å². The van der Waals surface area contributed by atoms with Crippen molar-refractivity contribution in [2.24, 2.45) is 0 Å². The highest BCUT2D eigenvalue weighted by atomic mass is 32.1. The SMILES string of the molecule is CC[C@H](C)N(C(=O)c1csnn1)[C@@H](C(=O)NC(C)(C)C)c1cccnc1. The van der Waals surface area contributed by atoms with Crippen molar-refractivity contribution in [3.05, 3.63) is 41.2 Å². The van der Waals surface area contributed by atoms with Crippen LogP contribution in [0, 0.1) is 0 Å². The monoisotopic (exact) mass is 375 g/mol. The zero-order chi connectivity index (χ0) is 19.3. The molecule has 0 unspecified atom stereocenters. The van der Waals surface area contributed by atoms with Gasteiger partial charge in [0.2, 0.25) is 5.91 Å². The number of nitrogens with one attached hydrogen (secondary N) is 1. The molecule has 0 saturated carbocycles. The number of hydrogen-bond acceptors (Lipinski definition) is 6. The van der Waals surface area contributed by atoms with Crippen molar-refractivity contribution in [3.8, 4) is 0 Å². The number of nitrogens with zero attached hydrogens (tertiary/aromatic N) is 4. The molecule has 2 aromatic heterocycles. The molecule has 140 valence electrons. The van der Waals surface area contributed by atoms with E-state index in [2.05, 4.69) is 19.9 Å². The fraction of sp³-hybridized carbons (Fsp3) is 0.500. The zero-order valence-corrected chi connectivity index (χ0v) is 16.6. The van der Waals surface area contributed by atoms with Gasteiger partial charge in [0.1, 0.15) is 6.04 Å². The van der Waals surface area contributed by atoms with E-state index < -0.39 is 11.6 Å². The molecule has 0 aliphatic carbocycles. The first-order valence-electron chi connectivity index (χ1n) is 8.56. The first-order chi connectivity index (χ1) is 12.2. The van der Waals surface area contributed by atoms with Crippen molar-refractivity contribution in [2.75, 3.05) is 0 Å². The Kier molecular flexibility index (Phi) is 6.42. The molecule has 0 saturated heterocycles. The van der Waals surface area contributed by atoms with Crippen LogP contribution in [0.2, 0.25) is 0 Å². The van der Waals surface area contributed by atoms with Crippen molar-refractivity contribution in [3.63, 3.8) is 0 Å². The molecule has 1 N–H and O–H groups in total. The van der Waals surface area contributed by atoms with Crippen LogP contribution in [0.15, 0.2) is 29.9 Å². The molecule has 0 fully saturated rings. The minimum absolute atomic E-state index is 0.167. The third kappa shape index (κ3) is 4.85. The fourth-order valence-corrected chi connectivity index (χ4v) is 3.00. The highest BCUT2D eigenvalue weighted by Gasteiger charge is 2.36. The first kappa shape index (κ1) is 20.0. The summed E-state index contributed by atoms with van der Waals surface area (Å²) in [5.74, 6) is -0.562. The van der Waals surface area contributed by atoms with Crippen molar-refractivity contribution in [1.82, 2.24) is 24.8 Å². The van der Waals surface area contributed by atoms with Crippen molar-refractivity contribution in [1.29, 1.82) is 0 Å². The molecule has 0 bridgehead atoms. The van der Waals surface area contributed by atoms with Crippen molar-refractivity contribution in [2.45, 2.75) is 58.7 Å². The second-order valence-corrected chi connectivity index (χ2v) is 7.80. The maximum atomic E-state index is 13.1. The van der Waals surface area contributed by atoms with Crippen LogP contribution in [0.1, 0.15) is 63.1 Å². The molecule has 2 aromatic rings. The minimum atomic E-state index is -0.799. The highest BCUT2D eigenvalue weighted by molar-refractivity contribution is 7.03. The average molecular weight is 375 g/mol. The number of rotatable bonds is 6. The van der Waals surface area contributed by atoms with E-state index >= 15 is 0 Å². The van der Waals surface area contributed by atoms with E-state index in [1.165, 1.54) is 0 Å². The molecule has 2 atom stereocenters. The minimum Gasteiger partial charge on any atom is -0.349 e. The molecule has 7 nitrogen and oxygen atoms in total. The van der Waals surface area contributed by atoms with Gasteiger partial charge in [0.05, 0.1) is 0 Å². The zero-order valence-electron chi connectivity index (χ0n) is 15.8. The van der Waals surface area contributed by atoms with Crippen molar-refractivity contribution < 1.29 is 9.59 Å². The van der Waals surface area contributed by atoms with Gasteiger partial charge >= 0.3 is 0 Å². The third-order valence-electron chi connectivity index (χ3n) is 3.90. The van der Waals surface area contributed by atoms with E-state index in [-0.39, 0.29) is 23.6 Å². The lowest BCUT2D eigenvalue weighted by Gasteiger charge is -2.36. The highest BCUT2D eigenvalue weighted by Crippen LogP contribution is 2.27. The molecule has 2 heterocycles. The molecule has 0 spiro atoms. The van der Waals surface area contributed by atoms with E-state index in [0.29, 0.717) is 12.0 Å². The predicted molar refractivity (Wildman–Crippen MR) is 101 cm³/mol. The van der Waals surface area contributed by atoms with Crippen LogP contribution in [0.4, 0.5) is 0 Å². The van der Waals surface area contributed by atoms with Gasteiger partial charge in [-0.15, -0.1) is 5.10 Å². The van der Waals surface area contributed by atoms with E-state index in [0.717, 1.165) is 11.5 Å². The molecule has 26 heavy (non-hydrogen) atoms. The summed E-state index contributed by atoms with van der Waals surface area (Å²) in [4.78, 5) is 32.0. The molecule has 2 rings (SSSR count).